The maximum Gasteiger partial charge on any atom is 0.0538 e. The molecule has 1 aliphatic rings. The number of halogens is 1. The molecular weight excluding hydrogens is 209 g/mol. The minimum absolute atomic E-state index is 1.22. The van der Waals surface area contributed by atoms with E-state index >= 15 is 0 Å². The summed E-state index contributed by atoms with van der Waals surface area (Å²) in [5.41, 5.74) is 0. The van der Waals surface area contributed by atoms with Gasteiger partial charge >= 0.3 is 0 Å². The molecule has 1 saturated heterocycles. The van der Waals surface area contributed by atoms with Gasteiger partial charge in [0, 0.05) is 35.2 Å². The molecule has 1 fully saturated rings. The molecule has 3 heteroatoms. The smallest absolute Gasteiger partial charge is 0.0538 e. The van der Waals surface area contributed by atoms with Crippen molar-refractivity contribution in [3.05, 3.63) is 0 Å². The second kappa shape index (κ2) is 2.37. The van der Waals surface area contributed by atoms with E-state index in [0.29, 0.717) is 0 Å². The lowest BCUT2D eigenvalue weighted by Crippen LogP contribution is -2.02. The van der Waals surface area contributed by atoms with Gasteiger partial charge < -0.3 is 0 Å². The fourth-order valence-electron chi connectivity index (χ4n) is 0.392. The maximum atomic E-state index is 2.34. The third-order valence-electron chi connectivity index (χ3n) is 0.710. The van der Waals surface area contributed by atoms with Crippen LogP contribution in [-0.2, 0) is 0 Å². The molecule has 1 heterocycles. The molecule has 0 aromatic heterocycles. The van der Waals surface area contributed by atoms with Gasteiger partial charge in [-0.15, -0.1) is 11.8 Å². The Labute approximate surface area is 56.0 Å². The molecule has 0 aromatic carbocycles. The molecule has 0 atom stereocenters. The second-order valence-corrected chi connectivity index (χ2v) is 3.66. The first kappa shape index (κ1) is 5.18. The molecule has 1 nitrogen and oxygen atoms in total. The first-order chi connectivity index (χ1) is 2.89. The van der Waals surface area contributed by atoms with Crippen LogP contribution >= 0.6 is 34.6 Å². The summed E-state index contributed by atoms with van der Waals surface area (Å²) in [5, 5.41) is 0. The lowest BCUT2D eigenvalue weighted by Gasteiger charge is -1.96. The van der Waals surface area contributed by atoms with E-state index in [0.717, 1.165) is 0 Å². The van der Waals surface area contributed by atoms with Crippen molar-refractivity contribution < 1.29 is 0 Å². The topological polar surface area (TPSA) is 3.24 Å². The summed E-state index contributed by atoms with van der Waals surface area (Å²) in [5.74, 6) is 2.55. The highest BCUT2D eigenvalue weighted by atomic mass is 127. The molecule has 6 heavy (non-hydrogen) atoms. The predicted octanol–water partition coefficient (Wildman–Crippen LogP) is 1.34. The normalized spacial score (nSPS) is 25.5. The van der Waals surface area contributed by atoms with Crippen LogP contribution < -0.4 is 0 Å². The fourth-order valence-corrected chi connectivity index (χ4v) is 2.36. The van der Waals surface area contributed by atoms with Crippen LogP contribution in [-0.4, -0.2) is 21.3 Å². The molecule has 0 aliphatic carbocycles. The molecule has 0 amide bonds. The fraction of sp³-hybridized carbons (Fsp3) is 1.00. The molecule has 0 saturated carbocycles. The second-order valence-electron chi connectivity index (χ2n) is 1.22. The van der Waals surface area contributed by atoms with Crippen LogP contribution in [0.2, 0.25) is 0 Å². The summed E-state index contributed by atoms with van der Waals surface area (Å²) in [6.45, 7) is 1.27. The van der Waals surface area contributed by atoms with Gasteiger partial charge in [0.25, 0.3) is 0 Å². The van der Waals surface area contributed by atoms with Gasteiger partial charge in [-0.25, -0.2) is 3.11 Å². The maximum absolute atomic E-state index is 2.34. The van der Waals surface area contributed by atoms with E-state index in [9.17, 15) is 0 Å². The van der Waals surface area contributed by atoms with E-state index in [-0.39, 0.29) is 0 Å². The lowest BCUT2D eigenvalue weighted by molar-refractivity contribution is 0.662. The van der Waals surface area contributed by atoms with E-state index in [1.54, 1.807) is 0 Å². The largest absolute Gasteiger partial charge is 0.237 e. The minimum atomic E-state index is 1.22. The standard InChI is InChI=1S/C3H6INS/c4-5-1-2-6-3-5/h1-3H2. The van der Waals surface area contributed by atoms with Crippen molar-refractivity contribution in [1.82, 2.24) is 3.11 Å². The van der Waals surface area contributed by atoms with Crippen LogP contribution in [0.25, 0.3) is 0 Å². The van der Waals surface area contributed by atoms with Gasteiger partial charge in [0.1, 0.15) is 0 Å². The zero-order valence-electron chi connectivity index (χ0n) is 3.35. The van der Waals surface area contributed by atoms with Crippen molar-refractivity contribution in [3.63, 3.8) is 0 Å². The van der Waals surface area contributed by atoms with Gasteiger partial charge in [0.05, 0.1) is 5.88 Å². The van der Waals surface area contributed by atoms with Crippen molar-refractivity contribution in [1.29, 1.82) is 0 Å². The molecule has 0 bridgehead atoms. The third-order valence-corrected chi connectivity index (χ3v) is 2.96. The molecule has 0 aromatic rings. The van der Waals surface area contributed by atoms with Crippen LogP contribution in [0.1, 0.15) is 0 Å². The van der Waals surface area contributed by atoms with Gasteiger partial charge in [0.15, 0.2) is 0 Å². The van der Waals surface area contributed by atoms with E-state index in [1.807, 2.05) is 11.8 Å². The Morgan fingerprint density at radius 3 is 2.67 bits per heavy atom. The van der Waals surface area contributed by atoms with Gasteiger partial charge in [-0.2, -0.15) is 0 Å². The molecule has 1 aliphatic heterocycles. The molecule has 0 unspecified atom stereocenters. The zero-order valence-corrected chi connectivity index (χ0v) is 6.33. The van der Waals surface area contributed by atoms with Gasteiger partial charge in [-0.1, -0.05) is 0 Å². The highest BCUT2D eigenvalue weighted by molar-refractivity contribution is 14.1. The number of thioether (sulfide) groups is 1. The minimum Gasteiger partial charge on any atom is -0.237 e. The highest BCUT2D eigenvalue weighted by Gasteiger charge is 2.05. The summed E-state index contributed by atoms with van der Waals surface area (Å²) < 4.78 is 2.29. The average Bonchev–Trinajstić information content (AvgIpc) is 1.86. The molecule has 1 rings (SSSR count). The third kappa shape index (κ3) is 1.27. The molecule has 0 spiro atoms. The Morgan fingerprint density at radius 2 is 2.50 bits per heavy atom. The van der Waals surface area contributed by atoms with E-state index < -0.39 is 0 Å². The quantitative estimate of drug-likeness (QED) is 0.443. The average molecular weight is 215 g/mol. The SMILES string of the molecule is IN1CCSC1. The summed E-state index contributed by atoms with van der Waals surface area (Å²) in [6.07, 6.45) is 0. The Balaban J connectivity index is 2.18. The number of rotatable bonds is 0. The van der Waals surface area contributed by atoms with Crippen LogP contribution in [0.5, 0.6) is 0 Å². The molecular formula is C3H6INS. The van der Waals surface area contributed by atoms with Crippen molar-refractivity contribution in [2.24, 2.45) is 0 Å². The summed E-state index contributed by atoms with van der Waals surface area (Å²) in [6, 6.07) is 0. The van der Waals surface area contributed by atoms with Crippen LogP contribution in [0.3, 0.4) is 0 Å². The Morgan fingerprint density at radius 1 is 1.67 bits per heavy atom. The summed E-state index contributed by atoms with van der Waals surface area (Å²) in [7, 11) is 0. The van der Waals surface area contributed by atoms with E-state index in [1.165, 1.54) is 18.2 Å². The Bertz CT molecular complexity index is 44.1. The predicted molar refractivity (Wildman–Crippen MR) is 38.1 cm³/mol. The van der Waals surface area contributed by atoms with E-state index in [4.69, 9.17) is 0 Å². The van der Waals surface area contributed by atoms with Crippen LogP contribution in [0, 0.1) is 0 Å². The van der Waals surface area contributed by atoms with Gasteiger partial charge in [-0.3, -0.25) is 0 Å². The first-order valence-electron chi connectivity index (χ1n) is 1.88. The lowest BCUT2D eigenvalue weighted by atomic mass is 10.8. The molecule has 0 N–H and O–H groups in total. The van der Waals surface area contributed by atoms with Crippen LogP contribution in [0.4, 0.5) is 0 Å². The van der Waals surface area contributed by atoms with Gasteiger partial charge in [0.2, 0.25) is 0 Å². The Kier molecular flexibility index (Phi) is 2.05. The van der Waals surface area contributed by atoms with Gasteiger partial charge in [-0.05, 0) is 0 Å². The zero-order chi connectivity index (χ0) is 4.41. The number of hydrogen-bond acceptors (Lipinski definition) is 2. The summed E-state index contributed by atoms with van der Waals surface area (Å²) in [4.78, 5) is 0. The van der Waals surface area contributed by atoms with Crippen molar-refractivity contribution >= 4 is 34.6 Å². The highest BCUT2D eigenvalue weighted by Crippen LogP contribution is 2.16. The van der Waals surface area contributed by atoms with Crippen molar-refractivity contribution in [3.8, 4) is 0 Å². The number of nitrogens with zero attached hydrogens (tertiary/aromatic N) is 1. The number of hydrogen-bond donors (Lipinski definition) is 0. The van der Waals surface area contributed by atoms with Crippen LogP contribution in [0.15, 0.2) is 0 Å². The Hall–Kier alpha value is 1.04. The monoisotopic (exact) mass is 215 g/mol. The summed E-state index contributed by atoms with van der Waals surface area (Å²) >= 11 is 4.35. The molecule has 0 radical (unpaired) electrons. The van der Waals surface area contributed by atoms with Crippen molar-refractivity contribution in [2.75, 3.05) is 18.2 Å². The van der Waals surface area contributed by atoms with Crippen molar-refractivity contribution in [2.45, 2.75) is 0 Å². The molecule has 36 valence electrons. The van der Waals surface area contributed by atoms with E-state index in [2.05, 4.69) is 26.0 Å². The first-order valence-corrected chi connectivity index (χ1v) is 4.00.